The second-order valence-corrected chi connectivity index (χ2v) is 9.04. The van der Waals surface area contributed by atoms with Gasteiger partial charge in [-0.1, -0.05) is 23.7 Å². The fraction of sp³-hybridized carbons (Fsp3) is 0.222. The Hall–Kier alpha value is -4.04. The summed E-state index contributed by atoms with van der Waals surface area (Å²) in [6.07, 6.45) is 3.69. The first-order chi connectivity index (χ1) is 17.5. The molecule has 8 nitrogen and oxygen atoms in total. The lowest BCUT2D eigenvalue weighted by molar-refractivity contribution is 0.102. The van der Waals surface area contributed by atoms with Gasteiger partial charge in [-0.2, -0.15) is 0 Å². The number of nitrogens with one attached hydrogen (secondary N) is 3. The zero-order valence-electron chi connectivity index (χ0n) is 19.8. The van der Waals surface area contributed by atoms with Crippen molar-refractivity contribution in [3.05, 3.63) is 88.2 Å². The number of carbonyl (C=O) groups excluding carboxylic acids is 2. The molecule has 2 aromatic carbocycles. The van der Waals surface area contributed by atoms with E-state index in [1.54, 1.807) is 30.3 Å². The summed E-state index contributed by atoms with van der Waals surface area (Å²) in [5, 5.41) is 9.46. The Kier molecular flexibility index (Phi) is 6.77. The molecule has 5 rings (SSSR count). The minimum absolute atomic E-state index is 0.247. The van der Waals surface area contributed by atoms with Crippen LogP contribution in [0.2, 0.25) is 5.02 Å². The average Bonchev–Trinajstić information content (AvgIpc) is 2.83. The third-order valence-corrected chi connectivity index (χ3v) is 6.50. The zero-order valence-corrected chi connectivity index (χ0v) is 20.6. The average molecular weight is 504 g/mol. The summed E-state index contributed by atoms with van der Waals surface area (Å²) in [6.45, 7) is 3.10. The Morgan fingerprint density at radius 3 is 2.33 bits per heavy atom. The molecule has 0 radical (unpaired) electrons. The Morgan fingerprint density at radius 2 is 1.75 bits per heavy atom. The fourth-order valence-electron chi connectivity index (χ4n) is 4.09. The lowest BCUT2D eigenvalue weighted by atomic mass is 9.99. The van der Waals surface area contributed by atoms with Crippen LogP contribution in [0, 0.1) is 0 Å². The minimum Gasteiger partial charge on any atom is -0.497 e. The minimum atomic E-state index is -0.437. The van der Waals surface area contributed by atoms with Gasteiger partial charge in [0, 0.05) is 43.5 Å². The molecule has 3 aromatic rings. The molecule has 0 saturated carbocycles. The highest BCUT2D eigenvalue weighted by atomic mass is 35.5. The first kappa shape index (κ1) is 23.7. The molecule has 3 heterocycles. The highest BCUT2D eigenvalue weighted by Gasteiger charge is 2.25. The number of anilines is 2. The second kappa shape index (κ2) is 10.3. The monoisotopic (exact) mass is 503 g/mol. The molecule has 9 heteroatoms. The standard InChI is InChI=1S/C27H26ClN5O3/c1-36-20-8-9-22(21(15-20)27(35)32-24-10-7-19(28)16-30-24)31-26(34)18-5-3-17(4-6-18)25(23-11-12-29-23)33-13-2-14-33/h3-10,15-16,29H,2,11-14H2,1H3,(H,31,34)(H,30,32,35). The summed E-state index contributed by atoms with van der Waals surface area (Å²) >= 11 is 5.88. The molecule has 36 heavy (non-hydrogen) atoms. The van der Waals surface area contributed by atoms with Crippen LogP contribution in [0.5, 0.6) is 5.75 Å². The molecular weight excluding hydrogens is 478 g/mol. The summed E-state index contributed by atoms with van der Waals surface area (Å²) < 4.78 is 5.28. The highest BCUT2D eigenvalue weighted by Crippen LogP contribution is 2.31. The lowest BCUT2D eigenvalue weighted by Crippen LogP contribution is -2.40. The number of hydrogen-bond acceptors (Lipinski definition) is 6. The van der Waals surface area contributed by atoms with Gasteiger partial charge < -0.3 is 25.6 Å². The number of likely N-dealkylation sites (tertiary alicyclic amines) is 1. The topological polar surface area (TPSA) is 95.6 Å². The molecule has 0 bridgehead atoms. The van der Waals surface area contributed by atoms with E-state index in [4.69, 9.17) is 16.3 Å². The third-order valence-electron chi connectivity index (χ3n) is 6.28. The second-order valence-electron chi connectivity index (χ2n) is 8.60. The predicted molar refractivity (Wildman–Crippen MR) is 140 cm³/mol. The van der Waals surface area contributed by atoms with Gasteiger partial charge in [-0.3, -0.25) is 9.59 Å². The number of carbonyl (C=O) groups is 2. The molecule has 1 aromatic heterocycles. The molecule has 184 valence electrons. The van der Waals surface area contributed by atoms with Crippen molar-refractivity contribution in [1.82, 2.24) is 15.2 Å². The smallest absolute Gasteiger partial charge is 0.259 e. The normalized spacial score (nSPS) is 15.7. The van der Waals surface area contributed by atoms with E-state index in [-0.39, 0.29) is 11.5 Å². The van der Waals surface area contributed by atoms with E-state index in [0.717, 1.165) is 31.6 Å². The molecule has 0 aliphatic carbocycles. The number of benzene rings is 2. The van der Waals surface area contributed by atoms with Gasteiger partial charge in [-0.05, 0) is 54.4 Å². The van der Waals surface area contributed by atoms with Gasteiger partial charge in [0.1, 0.15) is 11.6 Å². The van der Waals surface area contributed by atoms with E-state index < -0.39 is 5.91 Å². The number of aromatic nitrogens is 1. The number of pyridine rings is 1. The van der Waals surface area contributed by atoms with Gasteiger partial charge in [-0.25, -0.2) is 4.98 Å². The van der Waals surface area contributed by atoms with Gasteiger partial charge >= 0.3 is 0 Å². The first-order valence-corrected chi connectivity index (χ1v) is 12.1. The summed E-state index contributed by atoms with van der Waals surface area (Å²) in [6, 6.07) is 15.7. The van der Waals surface area contributed by atoms with Crippen LogP contribution in [0.25, 0.3) is 5.70 Å². The molecule has 0 atom stereocenters. The van der Waals surface area contributed by atoms with Crippen molar-refractivity contribution >= 4 is 40.6 Å². The molecule has 2 saturated heterocycles. The lowest BCUT2D eigenvalue weighted by Gasteiger charge is -2.39. The van der Waals surface area contributed by atoms with Gasteiger partial charge in [0.2, 0.25) is 0 Å². The van der Waals surface area contributed by atoms with Crippen LogP contribution in [0.4, 0.5) is 11.5 Å². The number of halogens is 1. The summed E-state index contributed by atoms with van der Waals surface area (Å²) in [7, 11) is 1.51. The molecule has 0 unspecified atom stereocenters. The van der Waals surface area contributed by atoms with Gasteiger partial charge in [-0.15, -0.1) is 0 Å². The fourth-order valence-corrected chi connectivity index (χ4v) is 4.21. The van der Waals surface area contributed by atoms with E-state index in [0.29, 0.717) is 27.8 Å². The Labute approximate surface area is 214 Å². The van der Waals surface area contributed by atoms with Crippen LogP contribution in [0.3, 0.4) is 0 Å². The highest BCUT2D eigenvalue weighted by molar-refractivity contribution is 6.30. The van der Waals surface area contributed by atoms with Crippen molar-refractivity contribution in [2.24, 2.45) is 0 Å². The first-order valence-electron chi connectivity index (χ1n) is 11.8. The van der Waals surface area contributed by atoms with Crippen LogP contribution in [-0.4, -0.2) is 48.4 Å². The maximum Gasteiger partial charge on any atom is 0.259 e. The SMILES string of the molecule is COc1ccc(NC(=O)c2ccc(C(=C3CCN3)N3CCC3)cc2)c(C(=O)Nc2ccc(Cl)cn2)c1. The number of hydrogen-bond donors (Lipinski definition) is 3. The molecule has 2 aliphatic heterocycles. The maximum atomic E-state index is 13.1. The van der Waals surface area contributed by atoms with E-state index in [2.05, 4.69) is 25.8 Å². The molecule has 0 spiro atoms. The number of rotatable bonds is 7. The van der Waals surface area contributed by atoms with Gasteiger partial charge in [0.25, 0.3) is 11.8 Å². The Morgan fingerprint density at radius 1 is 1.00 bits per heavy atom. The van der Waals surface area contributed by atoms with Crippen LogP contribution in [-0.2, 0) is 0 Å². The van der Waals surface area contributed by atoms with E-state index in [9.17, 15) is 9.59 Å². The zero-order chi connectivity index (χ0) is 25.1. The van der Waals surface area contributed by atoms with Crippen LogP contribution < -0.4 is 20.7 Å². The van der Waals surface area contributed by atoms with E-state index >= 15 is 0 Å². The van der Waals surface area contributed by atoms with Crippen LogP contribution >= 0.6 is 11.6 Å². The number of amides is 2. The summed E-state index contributed by atoms with van der Waals surface area (Å²) in [5.74, 6) is 0.0781. The van der Waals surface area contributed by atoms with Crippen molar-refractivity contribution in [3.63, 3.8) is 0 Å². The van der Waals surface area contributed by atoms with Crippen molar-refractivity contribution in [1.29, 1.82) is 0 Å². The number of ether oxygens (including phenoxy) is 1. The van der Waals surface area contributed by atoms with Crippen molar-refractivity contribution in [2.45, 2.75) is 12.8 Å². The van der Waals surface area contributed by atoms with Gasteiger partial charge in [0.15, 0.2) is 0 Å². The Balaban J connectivity index is 1.35. The van der Waals surface area contributed by atoms with E-state index in [1.807, 2.05) is 24.3 Å². The summed E-state index contributed by atoms with van der Waals surface area (Å²) in [4.78, 5) is 32.6. The van der Waals surface area contributed by atoms with Crippen LogP contribution in [0.15, 0.2) is 66.5 Å². The van der Waals surface area contributed by atoms with Crippen molar-refractivity contribution in [3.8, 4) is 5.75 Å². The van der Waals surface area contributed by atoms with Crippen molar-refractivity contribution < 1.29 is 14.3 Å². The van der Waals surface area contributed by atoms with Crippen LogP contribution in [0.1, 0.15) is 39.1 Å². The quantitative estimate of drug-likeness (QED) is 0.435. The molecule has 2 fully saturated rings. The number of methoxy groups -OCH3 is 1. The predicted octanol–water partition coefficient (Wildman–Crippen LogP) is 4.62. The van der Waals surface area contributed by atoms with Crippen molar-refractivity contribution in [2.75, 3.05) is 37.4 Å². The summed E-state index contributed by atoms with van der Waals surface area (Å²) in [5.41, 5.74) is 4.68. The molecule has 2 aliphatic rings. The molecule has 2 amide bonds. The Bertz CT molecular complexity index is 1310. The molecule has 3 N–H and O–H groups in total. The van der Waals surface area contributed by atoms with Gasteiger partial charge in [0.05, 0.1) is 29.1 Å². The molecular formula is C27H26ClN5O3. The van der Waals surface area contributed by atoms with E-state index in [1.165, 1.54) is 31.1 Å². The largest absolute Gasteiger partial charge is 0.497 e. The number of nitrogens with zero attached hydrogens (tertiary/aromatic N) is 2. The maximum absolute atomic E-state index is 13.1. The third kappa shape index (κ3) is 4.99.